The van der Waals surface area contributed by atoms with Crippen molar-refractivity contribution in [2.24, 2.45) is 5.73 Å². The molecule has 0 saturated carbocycles. The van der Waals surface area contributed by atoms with Crippen LogP contribution in [-0.4, -0.2) is 23.8 Å². The maximum absolute atomic E-state index is 13.6. The zero-order valence-electron chi connectivity index (χ0n) is 12.9. The number of aromatic nitrogens is 1. The molecule has 0 fully saturated rings. The van der Waals surface area contributed by atoms with Crippen LogP contribution in [0.5, 0.6) is 0 Å². The Morgan fingerprint density at radius 3 is 2.75 bits per heavy atom. The number of rotatable bonds is 8. The van der Waals surface area contributed by atoms with Gasteiger partial charge >= 0.3 is 6.61 Å². The molecule has 0 amide bonds. The molecule has 24 heavy (non-hydrogen) atoms. The molecule has 0 bridgehead atoms. The third-order valence-electron chi connectivity index (χ3n) is 3.72. The maximum Gasteiger partial charge on any atom is 0.345 e. The van der Waals surface area contributed by atoms with Crippen LogP contribution >= 0.6 is 15.9 Å². The summed E-state index contributed by atoms with van der Waals surface area (Å²) in [7, 11) is 0. The summed E-state index contributed by atoms with van der Waals surface area (Å²) in [6, 6.07) is 4.26. The summed E-state index contributed by atoms with van der Waals surface area (Å²) in [4.78, 5) is 12.4. The van der Waals surface area contributed by atoms with E-state index in [2.05, 4.69) is 20.7 Å². The summed E-state index contributed by atoms with van der Waals surface area (Å²) in [6.45, 7) is -2.45. The van der Waals surface area contributed by atoms with Gasteiger partial charge < -0.3 is 15.0 Å². The van der Waals surface area contributed by atoms with E-state index in [4.69, 9.17) is 5.73 Å². The zero-order valence-corrected chi connectivity index (χ0v) is 14.4. The Kier molecular flexibility index (Phi) is 6.82. The first-order chi connectivity index (χ1) is 11.4. The lowest BCUT2D eigenvalue weighted by atomic mass is 10.1. The van der Waals surface area contributed by atoms with Gasteiger partial charge in [-0.1, -0.05) is 0 Å². The lowest BCUT2D eigenvalue weighted by molar-refractivity contribution is -0.130. The van der Waals surface area contributed by atoms with Crippen molar-refractivity contribution in [2.45, 2.75) is 38.5 Å². The lowest BCUT2D eigenvalue weighted by Crippen LogP contribution is -2.25. The van der Waals surface area contributed by atoms with E-state index in [9.17, 15) is 18.0 Å². The molecular weight excluding hydrogens is 389 g/mol. The Balaban J connectivity index is 1.95. The van der Waals surface area contributed by atoms with Crippen molar-refractivity contribution in [3.05, 3.63) is 45.0 Å². The molecule has 0 spiro atoms. The largest absolute Gasteiger partial charge is 0.345 e. The van der Waals surface area contributed by atoms with Crippen LogP contribution in [0, 0.1) is 5.82 Å². The molecule has 8 heteroatoms. The predicted octanol–water partition coefficient (Wildman–Crippen LogP) is 3.64. The average Bonchev–Trinajstić information content (AvgIpc) is 2.51. The molecule has 1 atom stereocenters. The van der Waals surface area contributed by atoms with Gasteiger partial charge in [-0.3, -0.25) is 4.79 Å². The van der Waals surface area contributed by atoms with Crippen LogP contribution in [0.15, 0.2) is 33.7 Å². The van der Waals surface area contributed by atoms with E-state index < -0.39 is 12.4 Å². The number of halogens is 4. The Morgan fingerprint density at radius 2 is 2.04 bits per heavy atom. The smallest absolute Gasteiger partial charge is 0.328 e. The van der Waals surface area contributed by atoms with Crippen LogP contribution in [-0.2, 0) is 11.3 Å². The fraction of sp³-hybridized carbons (Fsp3) is 0.438. The minimum atomic E-state index is -2.78. The van der Waals surface area contributed by atoms with Gasteiger partial charge in [-0.2, -0.15) is 8.78 Å². The summed E-state index contributed by atoms with van der Waals surface area (Å²) >= 11 is 3.09. The van der Waals surface area contributed by atoms with Crippen molar-refractivity contribution in [1.29, 1.82) is 0 Å². The van der Waals surface area contributed by atoms with Crippen LogP contribution in [0.25, 0.3) is 10.8 Å². The monoisotopic (exact) mass is 406 g/mol. The van der Waals surface area contributed by atoms with Crippen molar-refractivity contribution >= 4 is 26.7 Å². The number of nitrogens with two attached hydrogens (primary N) is 1. The molecule has 2 rings (SSSR count). The number of aryl methyl sites for hydroxylation is 1. The molecule has 0 aliphatic carbocycles. The van der Waals surface area contributed by atoms with Gasteiger partial charge in [0.2, 0.25) is 0 Å². The number of benzene rings is 1. The molecular formula is C16H18BrF3N2O2. The molecule has 0 unspecified atom stereocenters. The summed E-state index contributed by atoms with van der Waals surface area (Å²) < 4.78 is 43.3. The van der Waals surface area contributed by atoms with Gasteiger partial charge in [0, 0.05) is 18.8 Å². The maximum atomic E-state index is 13.6. The molecule has 4 nitrogen and oxygen atoms in total. The van der Waals surface area contributed by atoms with Gasteiger partial charge in [-0.25, -0.2) is 4.39 Å². The van der Waals surface area contributed by atoms with Crippen molar-refractivity contribution in [3.63, 3.8) is 0 Å². The van der Waals surface area contributed by atoms with E-state index in [1.165, 1.54) is 10.6 Å². The van der Waals surface area contributed by atoms with E-state index >= 15 is 0 Å². The van der Waals surface area contributed by atoms with Crippen molar-refractivity contribution in [1.82, 2.24) is 4.57 Å². The minimum Gasteiger partial charge on any atom is -0.328 e. The minimum absolute atomic E-state index is 0.0943. The van der Waals surface area contributed by atoms with Gasteiger partial charge in [-0.05, 0) is 58.8 Å². The fourth-order valence-corrected chi connectivity index (χ4v) is 2.79. The normalized spacial score (nSPS) is 12.9. The molecule has 132 valence electrons. The van der Waals surface area contributed by atoms with Gasteiger partial charge in [-0.15, -0.1) is 0 Å². The van der Waals surface area contributed by atoms with E-state index in [-0.39, 0.29) is 18.2 Å². The van der Waals surface area contributed by atoms with Gasteiger partial charge in [0.1, 0.15) is 5.82 Å². The molecule has 2 aromatic rings. The molecule has 1 heterocycles. The second kappa shape index (κ2) is 8.64. The second-order valence-electron chi connectivity index (χ2n) is 5.49. The topological polar surface area (TPSA) is 57.2 Å². The first-order valence-electron chi connectivity index (χ1n) is 7.52. The number of fused-ring (bicyclic) bond motifs is 1. The van der Waals surface area contributed by atoms with E-state index in [0.29, 0.717) is 41.1 Å². The highest BCUT2D eigenvalue weighted by Crippen LogP contribution is 2.21. The van der Waals surface area contributed by atoms with Gasteiger partial charge in [0.05, 0.1) is 16.5 Å². The number of hydrogen-bond donors (Lipinski definition) is 1. The van der Waals surface area contributed by atoms with Gasteiger partial charge in [0.25, 0.3) is 5.56 Å². The Labute approximate surface area is 145 Å². The van der Waals surface area contributed by atoms with E-state index in [0.717, 1.165) is 0 Å². The summed E-state index contributed by atoms with van der Waals surface area (Å²) in [5, 5.41) is 0.971. The van der Waals surface area contributed by atoms with Gasteiger partial charge in [0.15, 0.2) is 0 Å². The molecule has 2 N–H and O–H groups in total. The van der Waals surface area contributed by atoms with Crippen molar-refractivity contribution < 1.29 is 17.9 Å². The number of hydrogen-bond acceptors (Lipinski definition) is 3. The third-order valence-corrected chi connectivity index (χ3v) is 4.33. The molecule has 0 aliphatic heterocycles. The predicted molar refractivity (Wildman–Crippen MR) is 89.6 cm³/mol. The first-order valence-corrected chi connectivity index (χ1v) is 8.31. The Bertz CT molecular complexity index is 752. The van der Waals surface area contributed by atoms with Crippen LogP contribution < -0.4 is 11.3 Å². The zero-order chi connectivity index (χ0) is 17.7. The van der Waals surface area contributed by atoms with Crippen LogP contribution in [0.4, 0.5) is 13.2 Å². The second-order valence-corrected chi connectivity index (χ2v) is 6.34. The highest BCUT2D eigenvalue weighted by Gasteiger charge is 2.09. The Hall–Kier alpha value is -1.38. The fourth-order valence-electron chi connectivity index (χ4n) is 2.43. The van der Waals surface area contributed by atoms with Crippen LogP contribution in [0.3, 0.4) is 0 Å². The van der Waals surface area contributed by atoms with Crippen LogP contribution in [0.1, 0.15) is 19.3 Å². The number of pyridine rings is 1. The van der Waals surface area contributed by atoms with E-state index in [1.807, 2.05) is 0 Å². The van der Waals surface area contributed by atoms with Crippen molar-refractivity contribution in [2.75, 3.05) is 6.61 Å². The quantitative estimate of drug-likeness (QED) is 0.727. The average molecular weight is 407 g/mol. The SMILES string of the molecule is N[C@H](CCCn1ccc2cc(Br)c(F)cc2c1=O)CCOC(F)F. The van der Waals surface area contributed by atoms with Crippen LogP contribution in [0.2, 0.25) is 0 Å². The third kappa shape index (κ3) is 5.06. The molecule has 0 radical (unpaired) electrons. The number of alkyl halides is 2. The summed E-state index contributed by atoms with van der Waals surface area (Å²) in [5.74, 6) is -0.488. The van der Waals surface area contributed by atoms with E-state index in [1.54, 1.807) is 18.3 Å². The highest BCUT2D eigenvalue weighted by molar-refractivity contribution is 9.10. The molecule has 0 saturated heterocycles. The standard InChI is InChI=1S/C16H18BrF3N2O2/c17-13-8-10-3-6-22(15(23)12(10)9-14(13)18)5-1-2-11(21)4-7-24-16(19)20/h3,6,8-9,11,16H,1-2,4-5,7,21H2/t11-/m1/s1. The number of nitrogens with zero attached hydrogens (tertiary/aromatic N) is 1. The highest BCUT2D eigenvalue weighted by atomic mass is 79.9. The Morgan fingerprint density at radius 1 is 1.29 bits per heavy atom. The first kappa shape index (κ1) is 19.0. The summed E-state index contributed by atoms with van der Waals surface area (Å²) in [5.41, 5.74) is 5.55. The molecule has 1 aromatic carbocycles. The van der Waals surface area contributed by atoms with Crippen molar-refractivity contribution in [3.8, 4) is 0 Å². The molecule has 0 aliphatic rings. The molecule has 1 aromatic heterocycles. The number of ether oxygens (including phenoxy) is 1. The lowest BCUT2D eigenvalue weighted by Gasteiger charge is -2.12. The summed E-state index contributed by atoms with van der Waals surface area (Å²) in [6.07, 6.45) is 3.17.